The minimum atomic E-state index is 0.657. The highest BCUT2D eigenvalue weighted by Gasteiger charge is 2.16. The first kappa shape index (κ1) is 6.81. The van der Waals surface area contributed by atoms with Crippen molar-refractivity contribution in [1.82, 2.24) is 5.32 Å². The van der Waals surface area contributed by atoms with E-state index >= 15 is 0 Å². The molecule has 1 saturated heterocycles. The van der Waals surface area contributed by atoms with Crippen molar-refractivity contribution < 1.29 is 0 Å². The first-order valence-corrected chi connectivity index (χ1v) is 3.72. The van der Waals surface area contributed by atoms with Crippen molar-refractivity contribution in [2.45, 2.75) is 38.8 Å². The summed E-state index contributed by atoms with van der Waals surface area (Å²) in [5.41, 5.74) is 0. The molecule has 0 saturated carbocycles. The van der Waals surface area contributed by atoms with Crippen LogP contribution in [0.2, 0.25) is 0 Å². The minimum absolute atomic E-state index is 0.657. The fourth-order valence-corrected chi connectivity index (χ4v) is 1.35. The number of hydrogen-bond donors (Lipinski definition) is 1. The van der Waals surface area contributed by atoms with Gasteiger partial charge in [0.1, 0.15) is 0 Å². The van der Waals surface area contributed by atoms with Crippen molar-refractivity contribution in [3.8, 4) is 0 Å². The van der Waals surface area contributed by atoms with Gasteiger partial charge in [0.25, 0.3) is 0 Å². The normalized spacial score (nSPS) is 36.2. The van der Waals surface area contributed by atoms with Gasteiger partial charge in [0.15, 0.2) is 0 Å². The predicted molar refractivity (Wildman–Crippen MR) is 40.4 cm³/mol. The molecule has 0 bridgehead atoms. The zero-order valence-corrected chi connectivity index (χ0v) is 6.22. The highest BCUT2D eigenvalue weighted by atomic mass is 15.0. The standard InChI is InChI=1S/C8H15N/c1-3-4-8-6-5-7(2)9-8/h3-4,7-9H,5-6H2,1-2H3/b4-3+/t7-,8-/m0/s1. The van der Waals surface area contributed by atoms with Crippen LogP contribution < -0.4 is 5.32 Å². The first-order valence-electron chi connectivity index (χ1n) is 3.72. The van der Waals surface area contributed by atoms with Gasteiger partial charge in [-0.05, 0) is 26.7 Å². The van der Waals surface area contributed by atoms with Crippen molar-refractivity contribution in [1.29, 1.82) is 0 Å². The fourth-order valence-electron chi connectivity index (χ4n) is 1.35. The summed E-state index contributed by atoms with van der Waals surface area (Å²) in [7, 11) is 0. The van der Waals surface area contributed by atoms with Crippen molar-refractivity contribution in [3.05, 3.63) is 12.2 Å². The molecule has 2 atom stereocenters. The molecule has 0 spiro atoms. The van der Waals surface area contributed by atoms with Crippen LogP contribution in [0, 0.1) is 0 Å². The van der Waals surface area contributed by atoms with Crippen LogP contribution in [0.4, 0.5) is 0 Å². The average Bonchev–Trinajstić information content (AvgIpc) is 2.17. The fraction of sp³-hybridized carbons (Fsp3) is 0.750. The van der Waals surface area contributed by atoms with E-state index in [0.29, 0.717) is 6.04 Å². The van der Waals surface area contributed by atoms with Crippen LogP contribution in [0.15, 0.2) is 12.2 Å². The van der Waals surface area contributed by atoms with E-state index in [0.717, 1.165) is 6.04 Å². The number of nitrogens with one attached hydrogen (secondary N) is 1. The van der Waals surface area contributed by atoms with Gasteiger partial charge in [0.2, 0.25) is 0 Å². The third-order valence-corrected chi connectivity index (χ3v) is 1.83. The molecular weight excluding hydrogens is 110 g/mol. The molecule has 0 aromatic rings. The predicted octanol–water partition coefficient (Wildman–Crippen LogP) is 1.70. The van der Waals surface area contributed by atoms with Gasteiger partial charge < -0.3 is 5.32 Å². The average molecular weight is 125 g/mol. The Labute approximate surface area is 57.1 Å². The largest absolute Gasteiger partial charge is 0.308 e. The van der Waals surface area contributed by atoms with E-state index in [2.05, 4.69) is 31.3 Å². The van der Waals surface area contributed by atoms with Gasteiger partial charge in [0, 0.05) is 12.1 Å². The van der Waals surface area contributed by atoms with E-state index in [1.165, 1.54) is 12.8 Å². The molecule has 52 valence electrons. The molecule has 1 aliphatic heterocycles. The monoisotopic (exact) mass is 125 g/mol. The summed E-state index contributed by atoms with van der Waals surface area (Å²) in [4.78, 5) is 0. The molecule has 1 heterocycles. The highest BCUT2D eigenvalue weighted by molar-refractivity contribution is 4.96. The molecule has 0 unspecified atom stereocenters. The lowest BCUT2D eigenvalue weighted by molar-refractivity contribution is 0.627. The van der Waals surface area contributed by atoms with E-state index in [1.54, 1.807) is 0 Å². The van der Waals surface area contributed by atoms with Crippen molar-refractivity contribution in [2.24, 2.45) is 0 Å². The summed E-state index contributed by atoms with van der Waals surface area (Å²) < 4.78 is 0. The van der Waals surface area contributed by atoms with Crippen LogP contribution in [-0.4, -0.2) is 12.1 Å². The summed E-state index contributed by atoms with van der Waals surface area (Å²) in [5, 5.41) is 3.47. The second-order valence-corrected chi connectivity index (χ2v) is 2.78. The SMILES string of the molecule is C/C=C/[C@H]1CC[C@H](C)N1. The van der Waals surface area contributed by atoms with Crippen molar-refractivity contribution >= 4 is 0 Å². The quantitative estimate of drug-likeness (QED) is 0.526. The molecule has 1 aliphatic rings. The summed E-state index contributed by atoms with van der Waals surface area (Å²) in [6.07, 6.45) is 7.00. The maximum Gasteiger partial charge on any atom is 0.0252 e. The molecule has 0 amide bonds. The lowest BCUT2D eigenvalue weighted by Crippen LogP contribution is -2.24. The summed E-state index contributed by atoms with van der Waals surface area (Å²) in [6.45, 7) is 4.31. The molecule has 9 heavy (non-hydrogen) atoms. The Balaban J connectivity index is 2.30. The lowest BCUT2D eigenvalue weighted by atomic mass is 10.2. The molecule has 0 aromatic heterocycles. The molecule has 1 fully saturated rings. The van der Waals surface area contributed by atoms with Gasteiger partial charge in [-0.3, -0.25) is 0 Å². The van der Waals surface area contributed by atoms with Gasteiger partial charge in [-0.2, -0.15) is 0 Å². The Morgan fingerprint density at radius 1 is 1.44 bits per heavy atom. The summed E-state index contributed by atoms with van der Waals surface area (Å²) >= 11 is 0. The Morgan fingerprint density at radius 3 is 2.67 bits per heavy atom. The molecule has 1 rings (SSSR count). The summed E-state index contributed by atoms with van der Waals surface area (Å²) in [6, 6.07) is 1.39. The molecule has 0 aliphatic carbocycles. The Hall–Kier alpha value is -0.300. The van der Waals surface area contributed by atoms with E-state index in [9.17, 15) is 0 Å². The second-order valence-electron chi connectivity index (χ2n) is 2.78. The smallest absolute Gasteiger partial charge is 0.0252 e. The van der Waals surface area contributed by atoms with Crippen LogP contribution in [-0.2, 0) is 0 Å². The molecule has 1 N–H and O–H groups in total. The van der Waals surface area contributed by atoms with Crippen LogP contribution in [0.5, 0.6) is 0 Å². The Morgan fingerprint density at radius 2 is 2.22 bits per heavy atom. The third-order valence-electron chi connectivity index (χ3n) is 1.83. The van der Waals surface area contributed by atoms with Crippen LogP contribution in [0.25, 0.3) is 0 Å². The van der Waals surface area contributed by atoms with Crippen LogP contribution in [0.1, 0.15) is 26.7 Å². The maximum absolute atomic E-state index is 3.47. The van der Waals surface area contributed by atoms with Gasteiger partial charge in [-0.1, -0.05) is 12.2 Å². The van der Waals surface area contributed by atoms with Crippen molar-refractivity contribution in [3.63, 3.8) is 0 Å². The van der Waals surface area contributed by atoms with Gasteiger partial charge in [-0.25, -0.2) is 0 Å². The van der Waals surface area contributed by atoms with E-state index in [4.69, 9.17) is 0 Å². The molecule has 0 aromatic carbocycles. The summed E-state index contributed by atoms with van der Waals surface area (Å²) in [5.74, 6) is 0. The van der Waals surface area contributed by atoms with E-state index in [1.807, 2.05) is 0 Å². The number of allylic oxidation sites excluding steroid dienone is 1. The Bertz CT molecular complexity index is 107. The minimum Gasteiger partial charge on any atom is -0.308 e. The van der Waals surface area contributed by atoms with E-state index in [-0.39, 0.29) is 0 Å². The molecule has 0 radical (unpaired) electrons. The third kappa shape index (κ3) is 1.83. The van der Waals surface area contributed by atoms with E-state index < -0.39 is 0 Å². The maximum atomic E-state index is 3.47. The van der Waals surface area contributed by atoms with Crippen LogP contribution >= 0.6 is 0 Å². The zero-order chi connectivity index (χ0) is 6.69. The van der Waals surface area contributed by atoms with Gasteiger partial charge >= 0.3 is 0 Å². The number of hydrogen-bond acceptors (Lipinski definition) is 1. The van der Waals surface area contributed by atoms with Crippen LogP contribution in [0.3, 0.4) is 0 Å². The second kappa shape index (κ2) is 3.02. The first-order chi connectivity index (χ1) is 4.33. The van der Waals surface area contributed by atoms with Gasteiger partial charge in [0.05, 0.1) is 0 Å². The topological polar surface area (TPSA) is 12.0 Å². The molecular formula is C8H15N. The highest BCUT2D eigenvalue weighted by Crippen LogP contribution is 2.11. The molecule has 1 heteroatoms. The lowest BCUT2D eigenvalue weighted by Gasteiger charge is -2.04. The zero-order valence-electron chi connectivity index (χ0n) is 6.22. The molecule has 1 nitrogen and oxygen atoms in total. The number of rotatable bonds is 1. The van der Waals surface area contributed by atoms with Gasteiger partial charge in [-0.15, -0.1) is 0 Å². The van der Waals surface area contributed by atoms with Crippen molar-refractivity contribution in [2.75, 3.05) is 0 Å². The Kier molecular flexibility index (Phi) is 2.29.